The Balaban J connectivity index is 1.41. The zero-order valence-electron chi connectivity index (χ0n) is 19.7. The Morgan fingerprint density at radius 1 is 0.941 bits per heavy atom. The number of para-hydroxylation sites is 1. The third kappa shape index (κ3) is 4.52. The molecule has 0 saturated heterocycles. The fraction of sp³-hybridized carbons (Fsp3) is 0.333. The van der Waals surface area contributed by atoms with Crippen molar-refractivity contribution in [3.8, 4) is 17.2 Å². The third-order valence-electron chi connectivity index (χ3n) is 5.52. The van der Waals surface area contributed by atoms with Crippen LogP contribution in [-0.2, 0) is 0 Å². The van der Waals surface area contributed by atoms with E-state index < -0.39 is 0 Å². The number of aromatic nitrogens is 4. The summed E-state index contributed by atoms with van der Waals surface area (Å²) in [6.45, 7) is 3.11. The number of ether oxygens (including phenoxy) is 3. The first-order valence-corrected chi connectivity index (χ1v) is 11.0. The molecule has 0 aliphatic carbocycles. The number of amides is 1. The lowest BCUT2D eigenvalue weighted by molar-refractivity contribution is 0.0950. The van der Waals surface area contributed by atoms with Gasteiger partial charge in [0.15, 0.2) is 17.3 Å². The highest BCUT2D eigenvalue weighted by Gasteiger charge is 2.16. The van der Waals surface area contributed by atoms with Crippen molar-refractivity contribution in [2.75, 3.05) is 39.7 Å². The van der Waals surface area contributed by atoms with Gasteiger partial charge in [-0.3, -0.25) is 9.20 Å². The van der Waals surface area contributed by atoms with Gasteiger partial charge in [-0.05, 0) is 31.9 Å². The van der Waals surface area contributed by atoms with E-state index in [-0.39, 0.29) is 5.91 Å². The molecule has 4 aromatic rings. The number of hydrogen-bond donors (Lipinski definition) is 2. The zero-order chi connectivity index (χ0) is 24.1. The van der Waals surface area contributed by atoms with E-state index in [1.807, 2.05) is 35.6 Å². The summed E-state index contributed by atoms with van der Waals surface area (Å²) in [6.07, 6.45) is 1.63. The van der Waals surface area contributed by atoms with Crippen LogP contribution in [0.3, 0.4) is 0 Å². The summed E-state index contributed by atoms with van der Waals surface area (Å²) in [5.74, 6) is 3.01. The molecule has 10 heteroatoms. The van der Waals surface area contributed by atoms with Gasteiger partial charge in [-0.15, -0.1) is 10.2 Å². The van der Waals surface area contributed by atoms with E-state index in [1.54, 1.807) is 33.5 Å². The van der Waals surface area contributed by atoms with E-state index in [0.29, 0.717) is 47.4 Å². The minimum Gasteiger partial charge on any atom is -0.496 e. The van der Waals surface area contributed by atoms with Gasteiger partial charge in [0.1, 0.15) is 11.6 Å². The molecule has 0 aliphatic heterocycles. The lowest BCUT2D eigenvalue weighted by Crippen LogP contribution is -2.25. The highest BCUT2D eigenvalue weighted by atomic mass is 16.5. The Kier molecular flexibility index (Phi) is 6.95. The quantitative estimate of drug-likeness (QED) is 0.344. The van der Waals surface area contributed by atoms with Crippen LogP contribution in [0.5, 0.6) is 17.2 Å². The number of carbonyl (C=O) groups is 1. The molecule has 0 saturated carbocycles. The number of benzene rings is 2. The van der Waals surface area contributed by atoms with E-state index in [2.05, 4.69) is 20.8 Å². The monoisotopic (exact) mass is 464 g/mol. The highest BCUT2D eigenvalue weighted by molar-refractivity contribution is 5.96. The molecule has 0 bridgehead atoms. The SMILES string of the molecule is COc1cc2nc(NCCCCNC(=O)c3ccccc3OC)c3nnc(C)n3c2cc1OC. The highest BCUT2D eigenvalue weighted by Crippen LogP contribution is 2.33. The average Bonchev–Trinajstić information content (AvgIpc) is 3.26. The third-order valence-corrected chi connectivity index (χ3v) is 5.52. The number of anilines is 1. The van der Waals surface area contributed by atoms with Crippen LogP contribution in [0.2, 0.25) is 0 Å². The van der Waals surface area contributed by atoms with Crippen molar-refractivity contribution in [1.29, 1.82) is 0 Å². The van der Waals surface area contributed by atoms with Crippen LogP contribution >= 0.6 is 0 Å². The molecular formula is C24H28N6O4. The maximum atomic E-state index is 12.4. The summed E-state index contributed by atoms with van der Waals surface area (Å²) >= 11 is 0. The molecule has 10 nitrogen and oxygen atoms in total. The smallest absolute Gasteiger partial charge is 0.255 e. The molecule has 0 atom stereocenters. The lowest BCUT2D eigenvalue weighted by Gasteiger charge is -2.13. The number of aryl methyl sites for hydroxylation is 1. The Bertz CT molecular complexity index is 1320. The van der Waals surface area contributed by atoms with Crippen LogP contribution < -0.4 is 24.8 Å². The van der Waals surface area contributed by atoms with Gasteiger partial charge in [0.2, 0.25) is 5.65 Å². The Labute approximate surface area is 197 Å². The lowest BCUT2D eigenvalue weighted by atomic mass is 10.2. The maximum absolute atomic E-state index is 12.4. The van der Waals surface area contributed by atoms with Crippen LogP contribution in [0.1, 0.15) is 29.0 Å². The van der Waals surface area contributed by atoms with Crippen LogP contribution in [-0.4, -0.2) is 59.9 Å². The minimum atomic E-state index is -0.147. The van der Waals surface area contributed by atoms with Crippen LogP contribution in [0.4, 0.5) is 5.82 Å². The molecule has 2 heterocycles. The molecule has 2 aromatic carbocycles. The second kappa shape index (κ2) is 10.2. The first kappa shape index (κ1) is 23.1. The van der Waals surface area contributed by atoms with Crippen LogP contribution in [0.15, 0.2) is 36.4 Å². The topological polar surface area (TPSA) is 112 Å². The number of unbranched alkanes of at least 4 members (excludes halogenated alkanes) is 1. The molecule has 2 aromatic heterocycles. The largest absolute Gasteiger partial charge is 0.496 e. The molecule has 1 amide bonds. The molecule has 0 unspecified atom stereocenters. The minimum absolute atomic E-state index is 0.147. The Hall–Kier alpha value is -4.08. The van der Waals surface area contributed by atoms with Crippen molar-refractivity contribution >= 4 is 28.4 Å². The number of methoxy groups -OCH3 is 3. The number of hydrogen-bond acceptors (Lipinski definition) is 8. The number of carbonyl (C=O) groups excluding carboxylic acids is 1. The van der Waals surface area contributed by atoms with Crippen molar-refractivity contribution < 1.29 is 19.0 Å². The van der Waals surface area contributed by atoms with E-state index in [1.165, 1.54) is 0 Å². The number of nitrogens with zero attached hydrogens (tertiary/aromatic N) is 4. The predicted molar refractivity (Wildman–Crippen MR) is 129 cm³/mol. The van der Waals surface area contributed by atoms with E-state index in [4.69, 9.17) is 19.2 Å². The summed E-state index contributed by atoms with van der Waals surface area (Å²) in [5, 5.41) is 14.8. The fourth-order valence-corrected chi connectivity index (χ4v) is 3.81. The predicted octanol–water partition coefficient (Wildman–Crippen LogP) is 3.23. The molecule has 178 valence electrons. The van der Waals surface area contributed by atoms with Gasteiger partial charge >= 0.3 is 0 Å². The van der Waals surface area contributed by atoms with Gasteiger partial charge in [-0.2, -0.15) is 0 Å². The van der Waals surface area contributed by atoms with Crippen LogP contribution in [0, 0.1) is 6.92 Å². The van der Waals surface area contributed by atoms with Crippen molar-refractivity contribution in [2.45, 2.75) is 19.8 Å². The maximum Gasteiger partial charge on any atom is 0.255 e. The summed E-state index contributed by atoms with van der Waals surface area (Å²) in [7, 11) is 4.75. The number of nitrogens with one attached hydrogen (secondary N) is 2. The van der Waals surface area contributed by atoms with Crippen molar-refractivity contribution in [2.24, 2.45) is 0 Å². The summed E-state index contributed by atoms with van der Waals surface area (Å²) in [4.78, 5) is 17.1. The van der Waals surface area contributed by atoms with Crippen molar-refractivity contribution in [1.82, 2.24) is 24.9 Å². The Morgan fingerprint density at radius 2 is 1.65 bits per heavy atom. The molecular weight excluding hydrogens is 436 g/mol. The van der Waals surface area contributed by atoms with E-state index in [0.717, 1.165) is 29.7 Å². The van der Waals surface area contributed by atoms with Crippen LogP contribution in [0.25, 0.3) is 16.7 Å². The normalized spacial score (nSPS) is 10.9. The Morgan fingerprint density at radius 3 is 2.41 bits per heavy atom. The summed E-state index contributed by atoms with van der Waals surface area (Å²) in [5.41, 5.74) is 2.74. The van der Waals surface area contributed by atoms with E-state index in [9.17, 15) is 4.79 Å². The number of fused-ring (bicyclic) bond motifs is 3. The average molecular weight is 465 g/mol. The van der Waals surface area contributed by atoms with Crippen molar-refractivity contribution in [3.05, 3.63) is 47.8 Å². The second-order valence-corrected chi connectivity index (χ2v) is 7.65. The first-order chi connectivity index (χ1) is 16.6. The summed E-state index contributed by atoms with van der Waals surface area (Å²) in [6, 6.07) is 10.9. The van der Waals surface area contributed by atoms with Crippen molar-refractivity contribution in [3.63, 3.8) is 0 Å². The zero-order valence-corrected chi connectivity index (χ0v) is 19.7. The van der Waals surface area contributed by atoms with Gasteiger partial charge in [0, 0.05) is 25.2 Å². The molecule has 4 rings (SSSR count). The van der Waals surface area contributed by atoms with Gasteiger partial charge < -0.3 is 24.8 Å². The first-order valence-electron chi connectivity index (χ1n) is 11.0. The molecule has 34 heavy (non-hydrogen) atoms. The summed E-state index contributed by atoms with van der Waals surface area (Å²) < 4.78 is 18.1. The van der Waals surface area contributed by atoms with Gasteiger partial charge in [0.25, 0.3) is 5.91 Å². The second-order valence-electron chi connectivity index (χ2n) is 7.65. The van der Waals surface area contributed by atoms with E-state index >= 15 is 0 Å². The molecule has 2 N–H and O–H groups in total. The molecule has 0 radical (unpaired) electrons. The van der Waals surface area contributed by atoms with Gasteiger partial charge in [-0.1, -0.05) is 12.1 Å². The molecule has 0 aliphatic rings. The molecule has 0 spiro atoms. The van der Waals surface area contributed by atoms with Gasteiger partial charge in [0.05, 0.1) is 37.9 Å². The fourth-order valence-electron chi connectivity index (χ4n) is 3.81. The van der Waals surface area contributed by atoms with Gasteiger partial charge in [-0.25, -0.2) is 4.98 Å². The number of rotatable bonds is 10. The standard InChI is InChI=1S/C24H28N6O4/c1-15-28-29-23-22(27-17-13-20(33-3)21(34-4)14-18(17)30(15)23)25-11-7-8-12-26-24(31)16-9-5-6-10-19(16)32-2/h5-6,9-10,13-14H,7-8,11-12H2,1-4H3,(H,25,27)(H,26,31). The molecule has 0 fully saturated rings.